The predicted octanol–water partition coefficient (Wildman–Crippen LogP) is 3.80. The van der Waals surface area contributed by atoms with E-state index in [0.29, 0.717) is 22.0 Å². The summed E-state index contributed by atoms with van der Waals surface area (Å²) in [7, 11) is 0. The third-order valence-electron chi connectivity index (χ3n) is 5.70. The molecule has 0 bridgehead atoms. The van der Waals surface area contributed by atoms with Gasteiger partial charge in [0.05, 0.1) is 5.02 Å². The number of aromatic nitrogens is 1. The fourth-order valence-corrected chi connectivity index (χ4v) is 4.43. The van der Waals surface area contributed by atoms with Crippen molar-refractivity contribution >= 4 is 29.6 Å². The SMILES string of the molecule is C=C(/C=C(/C)N=CC)NC(=O)C1CC1.Cc1cc(Cl)c2n(c1=O)C1(CCCC1)NC2=O. The quantitative estimate of drug-likeness (QED) is 0.546. The van der Waals surface area contributed by atoms with E-state index in [2.05, 4.69) is 22.2 Å². The number of fused-ring (bicyclic) bond motifs is 2. The molecule has 3 aliphatic rings. The molecule has 2 aliphatic carbocycles. The smallest absolute Gasteiger partial charge is 0.271 e. The van der Waals surface area contributed by atoms with Gasteiger partial charge in [0.15, 0.2) is 0 Å². The molecule has 166 valence electrons. The van der Waals surface area contributed by atoms with Crippen LogP contribution in [0.1, 0.15) is 68.4 Å². The molecular weight excluding hydrogens is 416 g/mol. The van der Waals surface area contributed by atoms with Crippen molar-refractivity contribution in [3.8, 4) is 0 Å². The van der Waals surface area contributed by atoms with Crippen LogP contribution < -0.4 is 16.2 Å². The van der Waals surface area contributed by atoms with E-state index < -0.39 is 5.66 Å². The van der Waals surface area contributed by atoms with Crippen molar-refractivity contribution in [1.29, 1.82) is 0 Å². The Labute approximate surface area is 187 Å². The Balaban J connectivity index is 0.000000180. The third kappa shape index (κ3) is 4.98. The van der Waals surface area contributed by atoms with Crippen molar-refractivity contribution < 1.29 is 9.59 Å². The highest BCUT2D eigenvalue weighted by molar-refractivity contribution is 6.33. The van der Waals surface area contributed by atoms with E-state index in [0.717, 1.165) is 44.2 Å². The Morgan fingerprint density at radius 1 is 1.35 bits per heavy atom. The van der Waals surface area contributed by atoms with Crippen LogP contribution in [0.5, 0.6) is 0 Å². The minimum atomic E-state index is -0.515. The van der Waals surface area contributed by atoms with E-state index in [1.54, 1.807) is 29.8 Å². The molecule has 7 nitrogen and oxygen atoms in total. The van der Waals surface area contributed by atoms with Crippen molar-refractivity contribution in [2.75, 3.05) is 0 Å². The maximum Gasteiger partial charge on any atom is 0.271 e. The molecule has 0 aromatic carbocycles. The van der Waals surface area contributed by atoms with Gasteiger partial charge in [0.2, 0.25) is 5.91 Å². The molecule has 2 N–H and O–H groups in total. The fourth-order valence-electron chi connectivity index (χ4n) is 4.09. The number of amides is 2. The lowest BCUT2D eigenvalue weighted by Gasteiger charge is -2.26. The van der Waals surface area contributed by atoms with Gasteiger partial charge < -0.3 is 10.6 Å². The van der Waals surface area contributed by atoms with Crippen LogP contribution in [0.3, 0.4) is 0 Å². The number of halogens is 1. The molecular formula is C23H29ClN4O3. The molecule has 1 spiro atoms. The highest BCUT2D eigenvalue weighted by atomic mass is 35.5. The molecule has 1 aliphatic heterocycles. The van der Waals surface area contributed by atoms with Crippen LogP contribution in [-0.4, -0.2) is 22.6 Å². The number of carbonyl (C=O) groups excluding carboxylic acids is 2. The van der Waals surface area contributed by atoms with E-state index >= 15 is 0 Å². The third-order valence-corrected chi connectivity index (χ3v) is 5.99. The molecule has 4 rings (SSSR count). The monoisotopic (exact) mass is 444 g/mol. The first kappa shape index (κ1) is 23.0. The number of carbonyl (C=O) groups is 2. The summed E-state index contributed by atoms with van der Waals surface area (Å²) in [5, 5.41) is 6.05. The fraction of sp³-hybridized carbons (Fsp3) is 0.478. The van der Waals surface area contributed by atoms with Gasteiger partial charge in [-0.1, -0.05) is 18.2 Å². The molecule has 2 heterocycles. The highest BCUT2D eigenvalue weighted by Gasteiger charge is 2.46. The van der Waals surface area contributed by atoms with E-state index in [1.807, 2.05) is 13.8 Å². The minimum absolute atomic E-state index is 0.0829. The molecule has 8 heteroatoms. The summed E-state index contributed by atoms with van der Waals surface area (Å²) in [6.45, 7) is 9.19. The second-order valence-electron chi connectivity index (χ2n) is 8.32. The van der Waals surface area contributed by atoms with Crippen molar-refractivity contribution in [2.24, 2.45) is 10.9 Å². The number of allylic oxidation sites excluding steroid dienone is 2. The molecule has 2 fully saturated rings. The number of aryl methyl sites for hydroxylation is 1. The topological polar surface area (TPSA) is 92.6 Å². The zero-order valence-electron chi connectivity index (χ0n) is 18.3. The van der Waals surface area contributed by atoms with Gasteiger partial charge in [0, 0.05) is 29.1 Å². The van der Waals surface area contributed by atoms with E-state index in [9.17, 15) is 14.4 Å². The molecule has 0 atom stereocenters. The van der Waals surface area contributed by atoms with Crippen LogP contribution in [0.25, 0.3) is 0 Å². The zero-order chi connectivity index (χ0) is 22.8. The average molecular weight is 445 g/mol. The summed E-state index contributed by atoms with van der Waals surface area (Å²) in [5.74, 6) is 0.0728. The lowest BCUT2D eigenvalue weighted by Crippen LogP contribution is -2.45. The highest BCUT2D eigenvalue weighted by Crippen LogP contribution is 2.39. The Morgan fingerprint density at radius 3 is 2.58 bits per heavy atom. The molecule has 2 saturated carbocycles. The summed E-state index contributed by atoms with van der Waals surface area (Å²) < 4.78 is 1.58. The molecule has 0 saturated heterocycles. The number of hydrogen-bond donors (Lipinski definition) is 2. The minimum Gasteiger partial charge on any atom is -0.327 e. The predicted molar refractivity (Wildman–Crippen MR) is 122 cm³/mol. The molecule has 1 aromatic rings. The van der Waals surface area contributed by atoms with Gasteiger partial charge in [-0.15, -0.1) is 0 Å². The number of pyridine rings is 1. The first-order chi connectivity index (χ1) is 14.7. The van der Waals surface area contributed by atoms with Gasteiger partial charge in [-0.05, 0) is 71.4 Å². The Hall–Kier alpha value is -2.67. The first-order valence-electron chi connectivity index (χ1n) is 10.6. The molecule has 2 amide bonds. The van der Waals surface area contributed by atoms with Crippen molar-refractivity contribution in [2.45, 2.75) is 65.0 Å². The standard InChI is InChI=1S/C12H13ClN2O2.C11H16N2O/c1-7-6-8(13)9-10(16)14-12(4-2-3-5-12)15(9)11(7)17;1-4-12-8(2)7-9(3)13-11(14)10-5-6-10/h6H,2-5H2,1H3,(H,14,16);4,7,10H,3,5-6H2,1-2H3,(H,13,14)/b;8-7-,12-4?. The van der Waals surface area contributed by atoms with Crippen LogP contribution >= 0.6 is 11.6 Å². The summed E-state index contributed by atoms with van der Waals surface area (Å²) in [6, 6.07) is 1.57. The lowest BCUT2D eigenvalue weighted by atomic mass is 10.1. The number of aliphatic imine (C=N–C) groups is 1. The molecule has 31 heavy (non-hydrogen) atoms. The van der Waals surface area contributed by atoms with Crippen molar-refractivity contribution in [1.82, 2.24) is 15.2 Å². The summed E-state index contributed by atoms with van der Waals surface area (Å²) in [4.78, 5) is 39.6. The van der Waals surface area contributed by atoms with Gasteiger partial charge in [-0.3, -0.25) is 23.9 Å². The van der Waals surface area contributed by atoms with E-state index in [-0.39, 0.29) is 23.3 Å². The lowest BCUT2D eigenvalue weighted by molar-refractivity contribution is -0.121. The van der Waals surface area contributed by atoms with Crippen LogP contribution in [0.2, 0.25) is 5.02 Å². The number of nitrogens with one attached hydrogen (secondary N) is 2. The second-order valence-corrected chi connectivity index (χ2v) is 8.73. The maximum absolute atomic E-state index is 12.2. The van der Waals surface area contributed by atoms with Crippen LogP contribution in [0.15, 0.2) is 39.9 Å². The van der Waals surface area contributed by atoms with Gasteiger partial charge >= 0.3 is 0 Å². The van der Waals surface area contributed by atoms with Gasteiger partial charge in [-0.2, -0.15) is 0 Å². The van der Waals surface area contributed by atoms with Crippen molar-refractivity contribution in [3.05, 3.63) is 56.7 Å². The summed E-state index contributed by atoms with van der Waals surface area (Å²) in [5.41, 5.74) is 1.74. The molecule has 0 unspecified atom stereocenters. The Bertz CT molecular complexity index is 1030. The Kier molecular flexibility index (Phi) is 6.84. The van der Waals surface area contributed by atoms with Gasteiger partial charge in [-0.25, -0.2) is 0 Å². The van der Waals surface area contributed by atoms with E-state index in [1.165, 1.54) is 0 Å². The number of nitrogens with zero attached hydrogens (tertiary/aromatic N) is 2. The zero-order valence-corrected chi connectivity index (χ0v) is 19.0. The second kappa shape index (κ2) is 9.22. The first-order valence-corrected chi connectivity index (χ1v) is 11.0. The van der Waals surface area contributed by atoms with E-state index in [4.69, 9.17) is 11.6 Å². The van der Waals surface area contributed by atoms with Gasteiger partial charge in [0.1, 0.15) is 11.4 Å². The number of rotatable bonds is 4. The largest absolute Gasteiger partial charge is 0.327 e. The number of hydrogen-bond acceptors (Lipinski definition) is 4. The summed E-state index contributed by atoms with van der Waals surface area (Å²) in [6.07, 6.45) is 9.16. The van der Waals surface area contributed by atoms with Crippen molar-refractivity contribution in [3.63, 3.8) is 0 Å². The maximum atomic E-state index is 12.2. The van der Waals surface area contributed by atoms with Crippen LogP contribution in [-0.2, 0) is 10.5 Å². The Morgan fingerprint density at radius 2 is 2.00 bits per heavy atom. The van der Waals surface area contributed by atoms with Gasteiger partial charge in [0.25, 0.3) is 11.5 Å². The van der Waals surface area contributed by atoms with Crippen LogP contribution in [0.4, 0.5) is 0 Å². The molecule has 1 aromatic heterocycles. The summed E-state index contributed by atoms with van der Waals surface area (Å²) >= 11 is 6.08. The average Bonchev–Trinajstić information content (AvgIpc) is 3.38. The molecule has 0 radical (unpaired) electrons. The normalized spacial score (nSPS) is 19.1. The van der Waals surface area contributed by atoms with Crippen LogP contribution in [0, 0.1) is 12.8 Å².